The van der Waals surface area contributed by atoms with Gasteiger partial charge in [-0.25, -0.2) is 4.98 Å². The molecule has 0 bridgehead atoms. The SMILES string of the molecule is CC1Oc2ccc(-c3nc4ccc(C(F)(F)F)cn4c3CN3CCCNCC3)cc2N(C)C1=O. The zero-order valence-electron chi connectivity index (χ0n) is 19.0. The molecule has 1 saturated heterocycles. The van der Waals surface area contributed by atoms with Gasteiger partial charge in [-0.3, -0.25) is 9.69 Å². The van der Waals surface area contributed by atoms with Crippen LogP contribution >= 0.6 is 0 Å². The van der Waals surface area contributed by atoms with E-state index in [1.165, 1.54) is 6.07 Å². The first-order chi connectivity index (χ1) is 16.2. The molecule has 180 valence electrons. The molecule has 1 amide bonds. The molecular weight excluding hydrogens is 447 g/mol. The number of fused-ring (bicyclic) bond motifs is 2. The summed E-state index contributed by atoms with van der Waals surface area (Å²) in [6.45, 7) is 5.52. The monoisotopic (exact) mass is 473 g/mol. The maximum atomic E-state index is 13.5. The summed E-state index contributed by atoms with van der Waals surface area (Å²) in [4.78, 5) is 20.9. The van der Waals surface area contributed by atoms with Crippen molar-refractivity contribution in [2.75, 3.05) is 38.1 Å². The number of carbonyl (C=O) groups excluding carboxylic acids is 1. The van der Waals surface area contributed by atoms with Crippen LogP contribution in [0.2, 0.25) is 0 Å². The Labute approximate surface area is 195 Å². The number of carbonyl (C=O) groups is 1. The highest BCUT2D eigenvalue weighted by Gasteiger charge is 2.32. The first kappa shape index (κ1) is 22.7. The summed E-state index contributed by atoms with van der Waals surface area (Å²) in [6.07, 6.45) is -2.95. The quantitative estimate of drug-likeness (QED) is 0.631. The van der Waals surface area contributed by atoms with Crippen LogP contribution in [0.5, 0.6) is 5.75 Å². The second-order valence-electron chi connectivity index (χ2n) is 8.77. The highest BCUT2D eigenvalue weighted by Crippen LogP contribution is 2.38. The number of pyridine rings is 1. The van der Waals surface area contributed by atoms with Gasteiger partial charge >= 0.3 is 6.18 Å². The molecule has 1 N–H and O–H groups in total. The lowest BCUT2D eigenvalue weighted by atomic mass is 10.1. The van der Waals surface area contributed by atoms with Gasteiger partial charge < -0.3 is 19.4 Å². The van der Waals surface area contributed by atoms with Crippen LogP contribution in [0, 0.1) is 0 Å². The third-order valence-electron chi connectivity index (χ3n) is 6.43. The summed E-state index contributed by atoms with van der Waals surface area (Å²) in [5, 5.41) is 3.35. The van der Waals surface area contributed by atoms with Crippen LogP contribution in [-0.2, 0) is 17.5 Å². The van der Waals surface area contributed by atoms with Gasteiger partial charge in [0, 0.05) is 38.4 Å². The number of nitrogens with zero attached hydrogens (tertiary/aromatic N) is 4. The molecule has 3 aromatic rings. The molecule has 2 aliphatic heterocycles. The van der Waals surface area contributed by atoms with Crippen LogP contribution in [0.25, 0.3) is 16.9 Å². The number of halogens is 3. The Hall–Kier alpha value is -3.11. The van der Waals surface area contributed by atoms with Gasteiger partial charge in [-0.1, -0.05) is 0 Å². The molecule has 34 heavy (non-hydrogen) atoms. The number of nitrogens with one attached hydrogen (secondary N) is 1. The summed E-state index contributed by atoms with van der Waals surface area (Å²) in [5.74, 6) is 0.424. The van der Waals surface area contributed by atoms with Crippen molar-refractivity contribution >= 4 is 17.2 Å². The number of alkyl halides is 3. The van der Waals surface area contributed by atoms with E-state index >= 15 is 0 Å². The van der Waals surface area contributed by atoms with E-state index in [1.54, 1.807) is 29.3 Å². The number of imidazole rings is 1. The number of rotatable bonds is 3. The van der Waals surface area contributed by atoms with Crippen LogP contribution in [-0.4, -0.2) is 59.5 Å². The highest BCUT2D eigenvalue weighted by atomic mass is 19.4. The third-order valence-corrected chi connectivity index (χ3v) is 6.43. The summed E-state index contributed by atoms with van der Waals surface area (Å²) in [5.41, 5.74) is 2.33. The number of hydrogen-bond donors (Lipinski definition) is 1. The molecule has 10 heteroatoms. The van der Waals surface area contributed by atoms with Crippen molar-refractivity contribution in [3.8, 4) is 17.0 Å². The lowest BCUT2D eigenvalue weighted by Crippen LogP contribution is -2.41. The van der Waals surface area contributed by atoms with Crippen LogP contribution in [0.3, 0.4) is 0 Å². The van der Waals surface area contributed by atoms with Gasteiger partial charge in [0.15, 0.2) is 6.10 Å². The molecule has 1 atom stereocenters. The maximum absolute atomic E-state index is 13.5. The third kappa shape index (κ3) is 4.12. The van der Waals surface area contributed by atoms with Crippen molar-refractivity contribution in [1.29, 1.82) is 0 Å². The van der Waals surface area contributed by atoms with Crippen molar-refractivity contribution in [2.45, 2.75) is 32.2 Å². The van der Waals surface area contributed by atoms with E-state index in [2.05, 4.69) is 10.2 Å². The van der Waals surface area contributed by atoms with Crippen LogP contribution in [0.15, 0.2) is 36.5 Å². The number of aromatic nitrogens is 2. The van der Waals surface area contributed by atoms with E-state index in [-0.39, 0.29) is 5.91 Å². The van der Waals surface area contributed by atoms with E-state index < -0.39 is 17.8 Å². The highest BCUT2D eigenvalue weighted by molar-refractivity contribution is 6.00. The topological polar surface area (TPSA) is 62.1 Å². The predicted molar refractivity (Wildman–Crippen MR) is 122 cm³/mol. The van der Waals surface area contributed by atoms with Gasteiger partial charge in [-0.05, 0) is 56.8 Å². The predicted octanol–water partition coefficient (Wildman–Crippen LogP) is 3.56. The zero-order chi connectivity index (χ0) is 24.0. The minimum atomic E-state index is -4.45. The Kier molecular flexibility index (Phi) is 5.73. The number of hydrogen-bond acceptors (Lipinski definition) is 5. The smallest absolute Gasteiger partial charge is 0.417 e. The lowest BCUT2D eigenvalue weighted by molar-refractivity contribution is -0.137. The van der Waals surface area contributed by atoms with Crippen LogP contribution in [0.1, 0.15) is 24.6 Å². The van der Waals surface area contributed by atoms with Crippen molar-refractivity contribution in [3.63, 3.8) is 0 Å². The first-order valence-electron chi connectivity index (χ1n) is 11.3. The Balaban J connectivity index is 1.63. The zero-order valence-corrected chi connectivity index (χ0v) is 19.0. The average Bonchev–Trinajstić information content (AvgIpc) is 2.96. The Morgan fingerprint density at radius 1 is 1.18 bits per heavy atom. The van der Waals surface area contributed by atoms with E-state index in [0.717, 1.165) is 50.4 Å². The van der Waals surface area contributed by atoms with E-state index in [0.29, 0.717) is 35.0 Å². The van der Waals surface area contributed by atoms with Crippen molar-refractivity contribution in [3.05, 3.63) is 47.8 Å². The number of likely N-dealkylation sites (N-methyl/N-ethyl adjacent to an activating group) is 1. The molecule has 2 aromatic heterocycles. The largest absolute Gasteiger partial charge is 0.479 e. The number of anilines is 1. The minimum absolute atomic E-state index is 0.160. The molecule has 7 nitrogen and oxygen atoms in total. The number of amides is 1. The fourth-order valence-electron chi connectivity index (χ4n) is 4.57. The normalized spacial score (nSPS) is 19.7. The number of benzene rings is 1. The molecule has 1 unspecified atom stereocenters. The minimum Gasteiger partial charge on any atom is -0.479 e. The molecular formula is C24H26F3N5O2. The summed E-state index contributed by atoms with van der Waals surface area (Å²) < 4.78 is 47.7. The van der Waals surface area contributed by atoms with Gasteiger partial charge in [0.05, 0.1) is 22.6 Å². The first-order valence-corrected chi connectivity index (χ1v) is 11.3. The molecule has 0 aliphatic carbocycles. The van der Waals surface area contributed by atoms with Crippen molar-refractivity contribution in [2.24, 2.45) is 0 Å². The second-order valence-corrected chi connectivity index (χ2v) is 8.77. The fourth-order valence-corrected chi connectivity index (χ4v) is 4.57. The van der Waals surface area contributed by atoms with Crippen molar-refractivity contribution < 1.29 is 22.7 Å². The summed E-state index contributed by atoms with van der Waals surface area (Å²) in [7, 11) is 1.69. The van der Waals surface area contributed by atoms with Gasteiger partial charge in [-0.15, -0.1) is 0 Å². The Morgan fingerprint density at radius 2 is 2.00 bits per heavy atom. The van der Waals surface area contributed by atoms with Crippen LogP contribution < -0.4 is 15.0 Å². The Morgan fingerprint density at radius 3 is 2.79 bits per heavy atom. The van der Waals surface area contributed by atoms with Gasteiger partial charge in [0.2, 0.25) is 0 Å². The summed E-state index contributed by atoms with van der Waals surface area (Å²) in [6, 6.07) is 7.90. The molecule has 0 spiro atoms. The number of ether oxygens (including phenoxy) is 1. The lowest BCUT2D eigenvalue weighted by Gasteiger charge is -2.30. The van der Waals surface area contributed by atoms with Gasteiger partial charge in [0.25, 0.3) is 5.91 Å². The molecule has 2 aliphatic rings. The van der Waals surface area contributed by atoms with E-state index in [9.17, 15) is 18.0 Å². The molecule has 4 heterocycles. The second kappa shape index (κ2) is 8.59. The maximum Gasteiger partial charge on any atom is 0.417 e. The Bertz CT molecular complexity index is 1230. The molecule has 0 radical (unpaired) electrons. The van der Waals surface area contributed by atoms with E-state index in [4.69, 9.17) is 9.72 Å². The van der Waals surface area contributed by atoms with E-state index in [1.807, 2.05) is 12.1 Å². The van der Waals surface area contributed by atoms with Gasteiger partial charge in [0.1, 0.15) is 11.4 Å². The molecule has 0 saturated carbocycles. The van der Waals surface area contributed by atoms with Gasteiger partial charge in [-0.2, -0.15) is 13.2 Å². The molecule has 1 aromatic carbocycles. The molecule has 1 fully saturated rings. The molecule has 5 rings (SSSR count). The van der Waals surface area contributed by atoms with Crippen molar-refractivity contribution in [1.82, 2.24) is 19.6 Å². The fraction of sp³-hybridized carbons (Fsp3) is 0.417. The standard InChI is InChI=1S/C24H26F3N5O2/c1-15-23(33)30(2)18-12-16(4-6-20(18)34-15)22-19(14-31-10-3-8-28-9-11-31)32-13-17(24(25,26)27)5-7-21(32)29-22/h4-7,12-13,15,28H,3,8-11,14H2,1-2H3. The van der Waals surface area contributed by atoms with Crippen LogP contribution in [0.4, 0.5) is 18.9 Å². The average molecular weight is 473 g/mol. The summed E-state index contributed by atoms with van der Waals surface area (Å²) >= 11 is 0.